The van der Waals surface area contributed by atoms with Crippen LogP contribution in [0.25, 0.3) is 38.8 Å². The van der Waals surface area contributed by atoms with Gasteiger partial charge in [0.15, 0.2) is 5.82 Å². The molecule has 0 bridgehead atoms. The van der Waals surface area contributed by atoms with E-state index in [4.69, 9.17) is 14.8 Å². The molecule has 6 nitrogen and oxygen atoms in total. The summed E-state index contributed by atoms with van der Waals surface area (Å²) in [6.45, 7) is 13.1. The van der Waals surface area contributed by atoms with Gasteiger partial charge in [-0.1, -0.05) is 62.4 Å². The Bertz CT molecular complexity index is 2080. The van der Waals surface area contributed by atoms with E-state index in [0.29, 0.717) is 23.3 Å². The van der Waals surface area contributed by atoms with Crippen LogP contribution in [0.1, 0.15) is 54.8 Å². The number of aromatic nitrogens is 3. The molecular formula is C37H36N4O2. The largest absolute Gasteiger partial charge is 0.494 e. The van der Waals surface area contributed by atoms with E-state index >= 15 is 0 Å². The molecule has 6 heteroatoms. The van der Waals surface area contributed by atoms with E-state index in [-0.39, 0.29) is 11.5 Å². The molecule has 0 aliphatic carbocycles. The summed E-state index contributed by atoms with van der Waals surface area (Å²) in [5.41, 5.74) is 7.50. The van der Waals surface area contributed by atoms with E-state index in [1.54, 1.807) is 12.3 Å². The van der Waals surface area contributed by atoms with Gasteiger partial charge in [0.2, 0.25) is 0 Å². The molecule has 2 heterocycles. The fourth-order valence-electron chi connectivity index (χ4n) is 5.89. The number of rotatable bonds is 7. The van der Waals surface area contributed by atoms with Gasteiger partial charge in [-0.3, -0.25) is 4.79 Å². The number of nitrogens with zero attached hydrogens (tertiary/aromatic N) is 4. The first-order valence-corrected chi connectivity index (χ1v) is 14.8. The minimum atomic E-state index is -0.209. The summed E-state index contributed by atoms with van der Waals surface area (Å²) in [7, 11) is 0. The van der Waals surface area contributed by atoms with E-state index in [9.17, 15) is 4.79 Å². The lowest BCUT2D eigenvalue weighted by atomic mass is 9.96. The molecule has 0 fully saturated rings. The van der Waals surface area contributed by atoms with Gasteiger partial charge in [0.05, 0.1) is 29.4 Å². The normalized spacial score (nSPS) is 11.8. The molecule has 0 amide bonds. The first kappa shape index (κ1) is 28.2. The van der Waals surface area contributed by atoms with E-state index < -0.39 is 0 Å². The van der Waals surface area contributed by atoms with Gasteiger partial charge >= 0.3 is 0 Å². The van der Waals surface area contributed by atoms with Gasteiger partial charge in [0.1, 0.15) is 5.75 Å². The first-order valence-electron chi connectivity index (χ1n) is 14.8. The molecule has 0 atom stereocenters. The topological polar surface area (TPSA) is 61.4 Å². The maximum Gasteiger partial charge on any atom is 0.282 e. The molecule has 6 rings (SSSR count). The van der Waals surface area contributed by atoms with Gasteiger partial charge in [-0.05, 0) is 86.5 Å². The Balaban J connectivity index is 1.53. The van der Waals surface area contributed by atoms with Crippen LogP contribution in [0.3, 0.4) is 0 Å². The minimum absolute atomic E-state index is 0.209. The lowest BCUT2D eigenvalue weighted by Crippen LogP contribution is -2.21. The number of ether oxygens (including phenoxy) is 1. The molecule has 0 saturated carbocycles. The quantitative estimate of drug-likeness (QED) is 0.182. The molecule has 43 heavy (non-hydrogen) atoms. The Morgan fingerprint density at radius 1 is 0.907 bits per heavy atom. The van der Waals surface area contributed by atoms with Crippen molar-refractivity contribution in [3.05, 3.63) is 123 Å². The lowest BCUT2D eigenvalue weighted by molar-refractivity contribution is 0.335. The first-order chi connectivity index (χ1) is 20.8. The van der Waals surface area contributed by atoms with Crippen LogP contribution in [-0.2, 0) is 0 Å². The van der Waals surface area contributed by atoms with Gasteiger partial charge in [-0.25, -0.2) is 4.98 Å². The van der Waals surface area contributed by atoms with Crippen LogP contribution in [0.4, 0.5) is 0 Å². The predicted octanol–water partition coefficient (Wildman–Crippen LogP) is 8.34. The summed E-state index contributed by atoms with van der Waals surface area (Å²) in [6.07, 6.45) is 1.78. The molecule has 6 aromatic rings. The van der Waals surface area contributed by atoms with E-state index in [1.165, 1.54) is 15.4 Å². The Hall–Kier alpha value is -4.97. The standard InChI is InChI=1S/C37H36N4O2/c1-7-43-35-19-24(4)32(21-31(35)23(2)3)36-39-33-17-11-10-16-30(33)37(42)41(36)38-22-28-20-25(5)40(26(28)6)34-18-12-14-27-13-8-9-15-29(27)34/h8-23H,7H2,1-6H3. The highest BCUT2D eigenvalue weighted by atomic mass is 16.5. The van der Waals surface area contributed by atoms with Gasteiger partial charge in [0, 0.05) is 27.9 Å². The monoisotopic (exact) mass is 568 g/mol. The third kappa shape index (κ3) is 5.03. The summed E-state index contributed by atoms with van der Waals surface area (Å²) in [6, 6.07) is 28.4. The van der Waals surface area contributed by atoms with Crippen LogP contribution < -0.4 is 10.3 Å². The molecular weight excluding hydrogens is 532 g/mol. The van der Waals surface area contributed by atoms with Crippen molar-refractivity contribution in [3.8, 4) is 22.8 Å². The van der Waals surface area contributed by atoms with Crippen LogP contribution in [-0.4, -0.2) is 27.0 Å². The summed E-state index contributed by atoms with van der Waals surface area (Å²) >= 11 is 0. The third-order valence-electron chi connectivity index (χ3n) is 8.06. The highest BCUT2D eigenvalue weighted by Crippen LogP contribution is 2.34. The smallest absolute Gasteiger partial charge is 0.282 e. The molecule has 0 radical (unpaired) electrons. The van der Waals surface area contributed by atoms with Crippen molar-refractivity contribution in [2.45, 2.75) is 47.5 Å². The lowest BCUT2D eigenvalue weighted by Gasteiger charge is -2.18. The van der Waals surface area contributed by atoms with Crippen LogP contribution >= 0.6 is 0 Å². The van der Waals surface area contributed by atoms with Gasteiger partial charge in [-0.2, -0.15) is 9.78 Å². The molecule has 0 aliphatic rings. The van der Waals surface area contributed by atoms with Crippen molar-refractivity contribution in [1.29, 1.82) is 0 Å². The molecule has 0 saturated heterocycles. The maximum absolute atomic E-state index is 13.9. The number of para-hydroxylation sites is 1. The number of fused-ring (bicyclic) bond motifs is 2. The van der Waals surface area contributed by atoms with Crippen LogP contribution in [0.15, 0.2) is 94.8 Å². The number of hydrogen-bond donors (Lipinski definition) is 0. The molecule has 0 unspecified atom stereocenters. The van der Waals surface area contributed by atoms with Crippen molar-refractivity contribution in [2.75, 3.05) is 6.61 Å². The zero-order valence-corrected chi connectivity index (χ0v) is 25.6. The molecule has 216 valence electrons. The predicted molar refractivity (Wildman–Crippen MR) is 177 cm³/mol. The van der Waals surface area contributed by atoms with Crippen molar-refractivity contribution in [2.24, 2.45) is 5.10 Å². The fourth-order valence-corrected chi connectivity index (χ4v) is 5.89. The van der Waals surface area contributed by atoms with E-state index in [2.05, 4.69) is 86.9 Å². The molecule has 0 N–H and O–H groups in total. The summed E-state index contributed by atoms with van der Waals surface area (Å²) in [5, 5.41) is 7.71. The van der Waals surface area contributed by atoms with Gasteiger partial charge in [0.25, 0.3) is 5.56 Å². The second kappa shape index (κ2) is 11.4. The molecule has 0 spiro atoms. The van der Waals surface area contributed by atoms with Crippen LogP contribution in [0, 0.1) is 20.8 Å². The van der Waals surface area contributed by atoms with E-state index in [0.717, 1.165) is 45.1 Å². The van der Waals surface area contributed by atoms with Crippen molar-refractivity contribution >= 4 is 27.9 Å². The summed E-state index contributed by atoms with van der Waals surface area (Å²) < 4.78 is 9.66. The number of hydrogen-bond acceptors (Lipinski definition) is 4. The Morgan fingerprint density at radius 2 is 1.63 bits per heavy atom. The Morgan fingerprint density at radius 3 is 2.40 bits per heavy atom. The molecule has 4 aromatic carbocycles. The fraction of sp³-hybridized carbons (Fsp3) is 0.216. The van der Waals surface area contributed by atoms with Crippen molar-refractivity contribution in [1.82, 2.24) is 14.2 Å². The van der Waals surface area contributed by atoms with Crippen LogP contribution in [0.2, 0.25) is 0 Å². The average molecular weight is 569 g/mol. The van der Waals surface area contributed by atoms with Crippen molar-refractivity contribution in [3.63, 3.8) is 0 Å². The Labute approximate surface area is 251 Å². The maximum atomic E-state index is 13.9. The highest BCUT2D eigenvalue weighted by molar-refractivity contribution is 5.91. The second-order valence-corrected chi connectivity index (χ2v) is 11.3. The van der Waals surface area contributed by atoms with Crippen LogP contribution in [0.5, 0.6) is 5.75 Å². The average Bonchev–Trinajstić information content (AvgIpc) is 3.28. The SMILES string of the molecule is CCOc1cc(C)c(-c2nc3ccccc3c(=O)n2N=Cc2cc(C)n(-c3cccc4ccccc34)c2C)cc1C(C)C. The summed E-state index contributed by atoms with van der Waals surface area (Å²) in [4.78, 5) is 18.9. The molecule has 0 aliphatic heterocycles. The summed E-state index contributed by atoms with van der Waals surface area (Å²) in [5.74, 6) is 1.59. The highest BCUT2D eigenvalue weighted by Gasteiger charge is 2.19. The number of aryl methyl sites for hydroxylation is 2. The van der Waals surface area contributed by atoms with E-state index in [1.807, 2.05) is 38.1 Å². The number of benzene rings is 4. The van der Waals surface area contributed by atoms with Gasteiger partial charge in [-0.15, -0.1) is 0 Å². The van der Waals surface area contributed by atoms with Crippen molar-refractivity contribution < 1.29 is 4.74 Å². The third-order valence-corrected chi connectivity index (χ3v) is 8.06. The molecule has 2 aromatic heterocycles. The van der Waals surface area contributed by atoms with Gasteiger partial charge < -0.3 is 9.30 Å². The minimum Gasteiger partial charge on any atom is -0.494 e. The zero-order valence-electron chi connectivity index (χ0n) is 25.6. The second-order valence-electron chi connectivity index (χ2n) is 11.3. The zero-order chi connectivity index (χ0) is 30.2. The Kier molecular flexibility index (Phi) is 7.45.